The van der Waals surface area contributed by atoms with Crippen LogP contribution < -0.4 is 10.2 Å². The number of aliphatic carboxylic acids is 1. The predicted octanol–water partition coefficient (Wildman–Crippen LogP) is 2.32. The fraction of sp³-hybridized carbons (Fsp3) is 0.500. The van der Waals surface area contributed by atoms with E-state index in [1.807, 2.05) is 0 Å². The molecule has 2 aliphatic heterocycles. The van der Waals surface area contributed by atoms with Crippen molar-refractivity contribution < 1.29 is 32.7 Å². The second-order valence-corrected chi connectivity index (χ2v) is 7.03. The highest BCUT2D eigenvalue weighted by molar-refractivity contribution is 5.96. The molecule has 0 aromatic heterocycles. The van der Waals surface area contributed by atoms with Crippen LogP contribution in [-0.2, 0) is 15.8 Å². The summed E-state index contributed by atoms with van der Waals surface area (Å²) in [5.74, 6) is -1.96. The number of hydrogen-bond donors (Lipinski definition) is 2. The number of rotatable bonds is 3. The number of anilines is 1. The standard InChI is InChI=1S/C18H20F3N3O4/c19-18(20,21)12-4-1-5-14(7-12)24-10-13(8-15(24)25)22-17(28)23-6-2-3-11(9-23)16(26)27/h1,4-5,7,11,13H,2-3,6,8-10H2,(H,22,28)(H,26,27). The highest BCUT2D eigenvalue weighted by Crippen LogP contribution is 2.32. The number of nitrogens with zero attached hydrogens (tertiary/aromatic N) is 2. The monoisotopic (exact) mass is 399 g/mol. The van der Waals surface area contributed by atoms with Gasteiger partial charge in [-0.15, -0.1) is 0 Å². The van der Waals surface area contributed by atoms with Gasteiger partial charge in [-0.05, 0) is 31.0 Å². The van der Waals surface area contributed by atoms with E-state index in [2.05, 4.69) is 5.32 Å². The molecule has 0 spiro atoms. The maximum absolute atomic E-state index is 12.9. The molecule has 2 heterocycles. The number of carboxylic acid groups (broad SMARTS) is 1. The number of nitrogens with one attached hydrogen (secondary N) is 1. The SMILES string of the molecule is O=C(O)C1CCCN(C(=O)NC2CC(=O)N(c3cccc(C(F)(F)F)c3)C2)C1. The largest absolute Gasteiger partial charge is 0.481 e. The van der Waals surface area contributed by atoms with Crippen molar-refractivity contribution in [1.29, 1.82) is 0 Å². The first kappa shape index (κ1) is 20.0. The molecule has 2 unspecified atom stereocenters. The molecule has 3 amide bonds. The van der Waals surface area contributed by atoms with Crippen LogP contribution in [0, 0.1) is 5.92 Å². The van der Waals surface area contributed by atoms with Gasteiger partial charge in [0, 0.05) is 31.7 Å². The van der Waals surface area contributed by atoms with Crippen molar-refractivity contribution in [2.45, 2.75) is 31.5 Å². The average Bonchev–Trinajstić information content (AvgIpc) is 3.01. The summed E-state index contributed by atoms with van der Waals surface area (Å²) in [5.41, 5.74) is -0.723. The molecule has 2 saturated heterocycles. The molecule has 0 aliphatic carbocycles. The number of benzene rings is 1. The Kier molecular flexibility index (Phi) is 5.48. The Labute approximate surface area is 159 Å². The van der Waals surface area contributed by atoms with Crippen molar-refractivity contribution in [2.75, 3.05) is 24.5 Å². The van der Waals surface area contributed by atoms with Gasteiger partial charge in [0.25, 0.3) is 0 Å². The molecule has 10 heteroatoms. The number of likely N-dealkylation sites (tertiary alicyclic amines) is 1. The summed E-state index contributed by atoms with van der Waals surface area (Å²) in [4.78, 5) is 38.4. The Bertz CT molecular complexity index is 784. The van der Waals surface area contributed by atoms with E-state index < -0.39 is 35.7 Å². The van der Waals surface area contributed by atoms with Gasteiger partial charge in [-0.1, -0.05) is 6.07 Å². The van der Waals surface area contributed by atoms with Gasteiger partial charge in [0.05, 0.1) is 17.5 Å². The average molecular weight is 399 g/mol. The van der Waals surface area contributed by atoms with Gasteiger partial charge < -0.3 is 20.2 Å². The number of carbonyl (C=O) groups excluding carboxylic acids is 2. The van der Waals surface area contributed by atoms with Gasteiger partial charge in [0.15, 0.2) is 0 Å². The van der Waals surface area contributed by atoms with Gasteiger partial charge in [0.2, 0.25) is 5.91 Å². The lowest BCUT2D eigenvalue weighted by atomic mass is 9.99. The Morgan fingerprint density at radius 2 is 1.96 bits per heavy atom. The molecule has 0 saturated carbocycles. The van der Waals surface area contributed by atoms with Crippen molar-refractivity contribution in [3.05, 3.63) is 29.8 Å². The Hall–Kier alpha value is -2.78. The zero-order valence-electron chi connectivity index (χ0n) is 14.9. The van der Waals surface area contributed by atoms with Crippen LogP contribution in [0.1, 0.15) is 24.8 Å². The summed E-state index contributed by atoms with van der Waals surface area (Å²) in [6.07, 6.45) is -3.46. The third-order valence-electron chi connectivity index (χ3n) is 5.00. The lowest BCUT2D eigenvalue weighted by molar-refractivity contribution is -0.143. The molecule has 0 bridgehead atoms. The van der Waals surface area contributed by atoms with E-state index in [0.29, 0.717) is 19.4 Å². The number of hydrogen-bond acceptors (Lipinski definition) is 3. The molecule has 2 N–H and O–H groups in total. The summed E-state index contributed by atoms with van der Waals surface area (Å²) >= 11 is 0. The van der Waals surface area contributed by atoms with Crippen LogP contribution in [0.2, 0.25) is 0 Å². The summed E-state index contributed by atoms with van der Waals surface area (Å²) in [6, 6.07) is 3.47. The van der Waals surface area contributed by atoms with Gasteiger partial charge >= 0.3 is 18.2 Å². The summed E-state index contributed by atoms with van der Waals surface area (Å²) in [7, 11) is 0. The van der Waals surface area contributed by atoms with Crippen LogP contribution in [0.25, 0.3) is 0 Å². The second-order valence-electron chi connectivity index (χ2n) is 7.03. The molecule has 2 aliphatic rings. The number of alkyl halides is 3. The Balaban J connectivity index is 1.63. The van der Waals surface area contributed by atoms with Gasteiger partial charge in [-0.25, -0.2) is 4.79 Å². The minimum atomic E-state index is -4.51. The highest BCUT2D eigenvalue weighted by atomic mass is 19.4. The molecule has 0 radical (unpaired) electrons. The third kappa shape index (κ3) is 4.37. The van der Waals surface area contributed by atoms with Gasteiger partial charge in [0.1, 0.15) is 0 Å². The van der Waals surface area contributed by atoms with Crippen LogP contribution in [0.4, 0.5) is 23.7 Å². The molecule has 152 valence electrons. The van der Waals surface area contributed by atoms with E-state index in [1.54, 1.807) is 0 Å². The zero-order valence-corrected chi connectivity index (χ0v) is 14.9. The summed E-state index contributed by atoms with van der Waals surface area (Å²) in [6.45, 7) is 0.578. The number of amides is 3. The number of urea groups is 1. The van der Waals surface area contributed by atoms with Crippen molar-refractivity contribution in [3.8, 4) is 0 Å². The molecule has 28 heavy (non-hydrogen) atoms. The molecule has 1 aromatic carbocycles. The molecular weight excluding hydrogens is 379 g/mol. The minimum absolute atomic E-state index is 0.0296. The van der Waals surface area contributed by atoms with Crippen molar-refractivity contribution in [3.63, 3.8) is 0 Å². The van der Waals surface area contributed by atoms with Gasteiger partial charge in [-0.2, -0.15) is 13.2 Å². The fourth-order valence-corrected chi connectivity index (χ4v) is 3.53. The molecular formula is C18H20F3N3O4. The Morgan fingerprint density at radius 1 is 1.21 bits per heavy atom. The van der Waals surface area contributed by atoms with E-state index >= 15 is 0 Å². The minimum Gasteiger partial charge on any atom is -0.481 e. The zero-order chi connectivity index (χ0) is 20.5. The van der Waals surface area contributed by atoms with Crippen LogP contribution in [-0.4, -0.2) is 53.6 Å². The smallest absolute Gasteiger partial charge is 0.416 e. The topological polar surface area (TPSA) is 90.0 Å². The number of carbonyl (C=O) groups is 3. The van der Waals surface area contributed by atoms with E-state index in [0.717, 1.165) is 12.1 Å². The van der Waals surface area contributed by atoms with Crippen LogP contribution >= 0.6 is 0 Å². The van der Waals surface area contributed by atoms with Gasteiger partial charge in [-0.3, -0.25) is 9.59 Å². The quantitative estimate of drug-likeness (QED) is 0.816. The summed E-state index contributed by atoms with van der Waals surface area (Å²) in [5, 5.41) is 11.8. The van der Waals surface area contributed by atoms with E-state index in [-0.39, 0.29) is 31.1 Å². The lowest BCUT2D eigenvalue weighted by Crippen LogP contribution is -2.50. The number of halogens is 3. The predicted molar refractivity (Wildman–Crippen MR) is 92.7 cm³/mol. The second kappa shape index (κ2) is 7.69. The summed E-state index contributed by atoms with van der Waals surface area (Å²) < 4.78 is 38.7. The van der Waals surface area contributed by atoms with E-state index in [1.165, 1.54) is 21.9 Å². The molecule has 2 atom stereocenters. The van der Waals surface area contributed by atoms with Crippen molar-refractivity contribution in [1.82, 2.24) is 10.2 Å². The fourth-order valence-electron chi connectivity index (χ4n) is 3.53. The normalized spacial score (nSPS) is 23.0. The van der Waals surface area contributed by atoms with Crippen LogP contribution in [0.3, 0.4) is 0 Å². The van der Waals surface area contributed by atoms with E-state index in [9.17, 15) is 27.6 Å². The van der Waals surface area contributed by atoms with Crippen molar-refractivity contribution >= 4 is 23.6 Å². The maximum Gasteiger partial charge on any atom is 0.416 e. The number of carboxylic acids is 1. The molecule has 1 aromatic rings. The van der Waals surface area contributed by atoms with Crippen LogP contribution in [0.15, 0.2) is 24.3 Å². The number of piperidine rings is 1. The van der Waals surface area contributed by atoms with E-state index in [4.69, 9.17) is 5.11 Å². The van der Waals surface area contributed by atoms with Crippen LogP contribution in [0.5, 0.6) is 0 Å². The maximum atomic E-state index is 12.9. The highest BCUT2D eigenvalue weighted by Gasteiger charge is 2.36. The first-order valence-electron chi connectivity index (χ1n) is 8.91. The molecule has 2 fully saturated rings. The molecule has 7 nitrogen and oxygen atoms in total. The van der Waals surface area contributed by atoms with Crippen molar-refractivity contribution in [2.24, 2.45) is 5.92 Å². The first-order chi connectivity index (χ1) is 13.1. The third-order valence-corrected chi connectivity index (χ3v) is 5.00. The lowest BCUT2D eigenvalue weighted by Gasteiger charge is -2.31. The molecule has 3 rings (SSSR count). The first-order valence-corrected chi connectivity index (χ1v) is 8.91. The Morgan fingerprint density at radius 3 is 2.64 bits per heavy atom.